The van der Waals surface area contributed by atoms with E-state index in [1.54, 1.807) is 13.2 Å². The van der Waals surface area contributed by atoms with E-state index in [2.05, 4.69) is 10.6 Å². The minimum Gasteiger partial charge on any atom is -0.494 e. The van der Waals surface area contributed by atoms with E-state index >= 15 is 0 Å². The summed E-state index contributed by atoms with van der Waals surface area (Å²) in [7, 11) is 1.66. The summed E-state index contributed by atoms with van der Waals surface area (Å²) in [6, 6.07) is 5.49. The molecule has 20 heavy (non-hydrogen) atoms. The molecular weight excluding hydrogens is 256 g/mol. The molecule has 5 nitrogen and oxygen atoms in total. The van der Waals surface area contributed by atoms with Gasteiger partial charge in [-0.2, -0.15) is 0 Å². The van der Waals surface area contributed by atoms with E-state index in [1.165, 1.54) is 0 Å². The van der Waals surface area contributed by atoms with E-state index in [-0.39, 0.29) is 5.91 Å². The number of benzene rings is 1. The standard InChI is InChI=1S/C15H24N2O3/c1-4-20-14-11-13(6-5-12(14)2)15(18)17-8-7-16-9-10-19-3/h5-6,11,16H,4,7-10H2,1-3H3,(H,17,18). The number of ether oxygens (including phenoxy) is 2. The lowest BCUT2D eigenvalue weighted by Crippen LogP contribution is -2.33. The average molecular weight is 280 g/mol. The lowest BCUT2D eigenvalue weighted by Gasteiger charge is -2.10. The van der Waals surface area contributed by atoms with E-state index in [4.69, 9.17) is 9.47 Å². The van der Waals surface area contributed by atoms with E-state index in [0.29, 0.717) is 25.3 Å². The molecule has 0 aliphatic rings. The molecule has 0 saturated carbocycles. The monoisotopic (exact) mass is 280 g/mol. The van der Waals surface area contributed by atoms with Crippen LogP contribution >= 0.6 is 0 Å². The molecule has 2 N–H and O–H groups in total. The van der Waals surface area contributed by atoms with Crippen LogP contribution in [0.5, 0.6) is 5.75 Å². The van der Waals surface area contributed by atoms with Crippen molar-refractivity contribution in [3.63, 3.8) is 0 Å². The lowest BCUT2D eigenvalue weighted by molar-refractivity contribution is 0.0953. The van der Waals surface area contributed by atoms with Crippen LogP contribution in [0.25, 0.3) is 0 Å². The van der Waals surface area contributed by atoms with Crippen molar-refractivity contribution in [3.05, 3.63) is 29.3 Å². The van der Waals surface area contributed by atoms with E-state index in [9.17, 15) is 4.79 Å². The molecule has 0 aliphatic heterocycles. The molecule has 0 heterocycles. The lowest BCUT2D eigenvalue weighted by atomic mass is 10.1. The summed E-state index contributed by atoms with van der Waals surface area (Å²) in [6.07, 6.45) is 0. The fraction of sp³-hybridized carbons (Fsp3) is 0.533. The second-order valence-corrected chi connectivity index (χ2v) is 4.41. The van der Waals surface area contributed by atoms with Crippen molar-refractivity contribution in [2.24, 2.45) is 0 Å². The Kier molecular flexibility index (Phi) is 7.69. The van der Waals surface area contributed by atoms with Crippen LogP contribution in [0, 0.1) is 6.92 Å². The number of methoxy groups -OCH3 is 1. The summed E-state index contributed by atoms with van der Waals surface area (Å²) < 4.78 is 10.4. The summed E-state index contributed by atoms with van der Waals surface area (Å²) in [5, 5.41) is 6.04. The second kappa shape index (κ2) is 9.34. The van der Waals surface area contributed by atoms with Gasteiger partial charge in [-0.3, -0.25) is 4.79 Å². The Balaban J connectivity index is 2.41. The molecule has 0 unspecified atom stereocenters. The third-order valence-corrected chi connectivity index (χ3v) is 2.82. The van der Waals surface area contributed by atoms with Gasteiger partial charge >= 0.3 is 0 Å². The van der Waals surface area contributed by atoms with Crippen molar-refractivity contribution in [2.45, 2.75) is 13.8 Å². The van der Waals surface area contributed by atoms with Gasteiger partial charge in [0.25, 0.3) is 5.91 Å². The Hall–Kier alpha value is -1.59. The van der Waals surface area contributed by atoms with Crippen LogP contribution in [0.4, 0.5) is 0 Å². The molecule has 0 fully saturated rings. The van der Waals surface area contributed by atoms with Crippen LogP contribution in [-0.2, 0) is 4.74 Å². The van der Waals surface area contributed by atoms with Crippen molar-refractivity contribution in [1.82, 2.24) is 10.6 Å². The summed E-state index contributed by atoms with van der Waals surface area (Å²) in [5.41, 5.74) is 1.65. The van der Waals surface area contributed by atoms with Crippen LogP contribution < -0.4 is 15.4 Å². The summed E-state index contributed by atoms with van der Waals surface area (Å²) in [4.78, 5) is 12.0. The van der Waals surface area contributed by atoms with Gasteiger partial charge in [-0.1, -0.05) is 6.07 Å². The Labute approximate surface area is 120 Å². The molecule has 1 aromatic carbocycles. The zero-order valence-electron chi connectivity index (χ0n) is 12.5. The highest BCUT2D eigenvalue weighted by Gasteiger charge is 2.08. The van der Waals surface area contributed by atoms with Crippen molar-refractivity contribution >= 4 is 5.91 Å². The molecule has 1 rings (SSSR count). The van der Waals surface area contributed by atoms with Crippen LogP contribution in [0.1, 0.15) is 22.8 Å². The van der Waals surface area contributed by atoms with Gasteiger partial charge in [-0.15, -0.1) is 0 Å². The molecular formula is C15H24N2O3. The Bertz CT molecular complexity index is 422. The maximum Gasteiger partial charge on any atom is 0.251 e. The molecule has 0 saturated heterocycles. The van der Waals surface area contributed by atoms with E-state index < -0.39 is 0 Å². The molecule has 0 aromatic heterocycles. The number of hydrogen-bond acceptors (Lipinski definition) is 4. The zero-order valence-corrected chi connectivity index (χ0v) is 12.5. The first kappa shape index (κ1) is 16.5. The number of nitrogens with one attached hydrogen (secondary N) is 2. The predicted octanol–water partition coefficient (Wildman–Crippen LogP) is 1.36. The number of aryl methyl sites for hydroxylation is 1. The highest BCUT2D eigenvalue weighted by Crippen LogP contribution is 2.19. The molecule has 0 atom stereocenters. The summed E-state index contributed by atoms with van der Waals surface area (Å²) in [5.74, 6) is 0.679. The maximum atomic E-state index is 12.0. The number of carbonyl (C=O) groups excluding carboxylic acids is 1. The fourth-order valence-corrected chi connectivity index (χ4v) is 1.72. The molecule has 112 valence electrons. The zero-order chi connectivity index (χ0) is 14.8. The third-order valence-electron chi connectivity index (χ3n) is 2.82. The van der Waals surface area contributed by atoms with Gasteiger partial charge in [-0.25, -0.2) is 0 Å². The molecule has 0 aliphatic carbocycles. The molecule has 0 spiro atoms. The predicted molar refractivity (Wildman–Crippen MR) is 79.4 cm³/mol. The number of rotatable bonds is 9. The van der Waals surface area contributed by atoms with Gasteiger partial charge in [0.1, 0.15) is 5.75 Å². The Morgan fingerprint density at radius 1 is 1.25 bits per heavy atom. The summed E-state index contributed by atoms with van der Waals surface area (Å²) in [6.45, 7) is 7.24. The maximum absolute atomic E-state index is 12.0. The minimum absolute atomic E-state index is 0.0838. The van der Waals surface area contributed by atoms with Crippen LogP contribution in [0.2, 0.25) is 0 Å². The minimum atomic E-state index is -0.0838. The Morgan fingerprint density at radius 3 is 2.75 bits per heavy atom. The fourth-order valence-electron chi connectivity index (χ4n) is 1.72. The van der Waals surface area contributed by atoms with Crippen LogP contribution in [-0.4, -0.2) is 45.9 Å². The number of amides is 1. The first-order valence-electron chi connectivity index (χ1n) is 6.90. The quantitative estimate of drug-likeness (QED) is 0.671. The van der Waals surface area contributed by atoms with Gasteiger partial charge in [0, 0.05) is 32.3 Å². The molecule has 0 bridgehead atoms. The number of hydrogen-bond donors (Lipinski definition) is 2. The van der Waals surface area contributed by atoms with E-state index in [1.807, 2.05) is 26.0 Å². The van der Waals surface area contributed by atoms with Gasteiger partial charge in [0.2, 0.25) is 0 Å². The van der Waals surface area contributed by atoms with Crippen molar-refractivity contribution in [1.29, 1.82) is 0 Å². The first-order valence-corrected chi connectivity index (χ1v) is 6.90. The van der Waals surface area contributed by atoms with Gasteiger partial charge in [0.15, 0.2) is 0 Å². The largest absolute Gasteiger partial charge is 0.494 e. The molecule has 1 amide bonds. The van der Waals surface area contributed by atoms with Gasteiger partial charge in [-0.05, 0) is 31.5 Å². The van der Waals surface area contributed by atoms with Crippen molar-refractivity contribution in [2.75, 3.05) is 40.0 Å². The van der Waals surface area contributed by atoms with Gasteiger partial charge in [0.05, 0.1) is 13.2 Å². The third kappa shape index (κ3) is 5.59. The molecule has 1 aromatic rings. The van der Waals surface area contributed by atoms with Crippen LogP contribution in [0.15, 0.2) is 18.2 Å². The second-order valence-electron chi connectivity index (χ2n) is 4.41. The normalized spacial score (nSPS) is 10.3. The Morgan fingerprint density at radius 2 is 2.05 bits per heavy atom. The molecule has 0 radical (unpaired) electrons. The summed E-state index contributed by atoms with van der Waals surface area (Å²) >= 11 is 0. The van der Waals surface area contributed by atoms with Crippen molar-refractivity contribution in [3.8, 4) is 5.75 Å². The number of carbonyl (C=O) groups is 1. The van der Waals surface area contributed by atoms with Crippen LogP contribution in [0.3, 0.4) is 0 Å². The first-order chi connectivity index (χ1) is 9.69. The highest BCUT2D eigenvalue weighted by molar-refractivity contribution is 5.94. The molecule has 5 heteroatoms. The average Bonchev–Trinajstić information content (AvgIpc) is 2.45. The van der Waals surface area contributed by atoms with Crippen molar-refractivity contribution < 1.29 is 14.3 Å². The smallest absolute Gasteiger partial charge is 0.251 e. The van der Waals surface area contributed by atoms with Gasteiger partial charge < -0.3 is 20.1 Å². The highest BCUT2D eigenvalue weighted by atomic mass is 16.5. The van der Waals surface area contributed by atoms with E-state index in [0.717, 1.165) is 24.4 Å². The topological polar surface area (TPSA) is 59.6 Å². The SMILES string of the molecule is CCOc1cc(C(=O)NCCNCCOC)ccc1C.